The molecule has 1 aromatic heterocycles. The van der Waals surface area contributed by atoms with Gasteiger partial charge in [0.05, 0.1) is 6.04 Å². The van der Waals surface area contributed by atoms with E-state index in [-0.39, 0.29) is 23.2 Å². The fourth-order valence-corrected chi connectivity index (χ4v) is 1.88. The van der Waals surface area contributed by atoms with E-state index in [0.29, 0.717) is 6.54 Å². The molecule has 0 aliphatic rings. The second kappa shape index (κ2) is 6.16. The zero-order valence-corrected chi connectivity index (χ0v) is 11.2. The van der Waals surface area contributed by atoms with Crippen LogP contribution in [-0.2, 0) is 6.54 Å². The molecule has 4 N–H and O–H groups in total. The lowest BCUT2D eigenvalue weighted by Crippen LogP contribution is -2.28. The Labute approximate surface area is 116 Å². The topological polar surface area (TPSA) is 88.0 Å². The molecule has 0 aliphatic heterocycles. The van der Waals surface area contributed by atoms with Crippen LogP contribution in [0.25, 0.3) is 0 Å². The monoisotopic (exact) mass is 271 g/mol. The summed E-state index contributed by atoms with van der Waals surface area (Å²) < 4.78 is 0. The SMILES string of the molecule is CC(NC(=O)c1cccc(=O)[nH]1)c1ccc(CN)cc1. The number of carbonyl (C=O) groups is 1. The smallest absolute Gasteiger partial charge is 0.268 e. The summed E-state index contributed by atoms with van der Waals surface area (Å²) >= 11 is 0. The largest absolute Gasteiger partial charge is 0.344 e. The van der Waals surface area contributed by atoms with Crippen LogP contribution in [0.5, 0.6) is 0 Å². The summed E-state index contributed by atoms with van der Waals surface area (Å²) in [5, 5.41) is 2.84. The molecule has 0 saturated heterocycles. The molecule has 5 nitrogen and oxygen atoms in total. The van der Waals surface area contributed by atoms with Crippen molar-refractivity contribution < 1.29 is 4.79 Å². The quantitative estimate of drug-likeness (QED) is 0.783. The standard InChI is InChI=1S/C15H17N3O2/c1-10(12-7-5-11(9-16)6-8-12)17-15(20)13-3-2-4-14(19)18-13/h2-8,10H,9,16H2,1H3,(H,17,20)(H,18,19). The Kier molecular flexibility index (Phi) is 4.32. The first kappa shape index (κ1) is 14.0. The molecule has 1 amide bonds. The van der Waals surface area contributed by atoms with E-state index in [1.807, 2.05) is 31.2 Å². The van der Waals surface area contributed by atoms with Gasteiger partial charge in [0.2, 0.25) is 5.56 Å². The van der Waals surface area contributed by atoms with Crippen LogP contribution in [0.2, 0.25) is 0 Å². The highest BCUT2D eigenvalue weighted by molar-refractivity contribution is 5.92. The van der Waals surface area contributed by atoms with Crippen LogP contribution < -0.4 is 16.6 Å². The van der Waals surface area contributed by atoms with Crippen LogP contribution in [-0.4, -0.2) is 10.9 Å². The summed E-state index contributed by atoms with van der Waals surface area (Å²) in [5.41, 5.74) is 7.52. The maximum absolute atomic E-state index is 12.0. The summed E-state index contributed by atoms with van der Waals surface area (Å²) in [5.74, 6) is -0.307. The van der Waals surface area contributed by atoms with Crippen LogP contribution in [0.1, 0.15) is 34.6 Å². The predicted octanol–water partition coefficient (Wildman–Crippen LogP) is 1.32. The molecule has 0 radical (unpaired) electrons. The van der Waals surface area contributed by atoms with Crippen molar-refractivity contribution in [1.82, 2.24) is 10.3 Å². The number of hydrogen-bond donors (Lipinski definition) is 3. The van der Waals surface area contributed by atoms with Crippen LogP contribution in [0.15, 0.2) is 47.3 Å². The van der Waals surface area contributed by atoms with Crippen molar-refractivity contribution in [3.8, 4) is 0 Å². The molecule has 0 aliphatic carbocycles. The maximum atomic E-state index is 12.0. The third kappa shape index (κ3) is 3.33. The summed E-state index contributed by atoms with van der Waals surface area (Å²) in [6.07, 6.45) is 0. The number of benzene rings is 1. The number of rotatable bonds is 4. The number of aromatic amines is 1. The Morgan fingerprint density at radius 3 is 2.55 bits per heavy atom. The van der Waals surface area contributed by atoms with Gasteiger partial charge in [-0.2, -0.15) is 0 Å². The molecule has 5 heteroatoms. The van der Waals surface area contributed by atoms with E-state index in [1.54, 1.807) is 12.1 Å². The molecule has 2 aromatic rings. The zero-order valence-electron chi connectivity index (χ0n) is 11.2. The Hall–Kier alpha value is -2.40. The van der Waals surface area contributed by atoms with Gasteiger partial charge in [-0.1, -0.05) is 30.3 Å². The lowest BCUT2D eigenvalue weighted by molar-refractivity contribution is 0.0934. The minimum absolute atomic E-state index is 0.155. The molecule has 1 heterocycles. The second-order valence-electron chi connectivity index (χ2n) is 4.57. The average molecular weight is 271 g/mol. The summed E-state index contributed by atoms with van der Waals surface area (Å²) in [7, 11) is 0. The van der Waals surface area contributed by atoms with Crippen molar-refractivity contribution in [1.29, 1.82) is 0 Å². The normalized spacial score (nSPS) is 11.9. The Morgan fingerprint density at radius 1 is 1.25 bits per heavy atom. The Balaban J connectivity index is 2.08. The number of nitrogens with one attached hydrogen (secondary N) is 2. The first-order valence-corrected chi connectivity index (χ1v) is 6.39. The van der Waals surface area contributed by atoms with E-state index in [1.165, 1.54) is 6.07 Å². The van der Waals surface area contributed by atoms with Crippen molar-refractivity contribution in [2.45, 2.75) is 19.5 Å². The zero-order chi connectivity index (χ0) is 14.5. The molecule has 2 rings (SSSR count). The number of carbonyl (C=O) groups excluding carboxylic acids is 1. The summed E-state index contributed by atoms with van der Waals surface area (Å²) in [6.45, 7) is 2.38. The lowest BCUT2D eigenvalue weighted by atomic mass is 10.1. The van der Waals surface area contributed by atoms with Crippen LogP contribution in [0, 0.1) is 0 Å². The van der Waals surface area contributed by atoms with Gasteiger partial charge in [-0.3, -0.25) is 9.59 Å². The molecular weight excluding hydrogens is 254 g/mol. The highest BCUT2D eigenvalue weighted by Crippen LogP contribution is 2.13. The molecule has 104 valence electrons. The lowest BCUT2D eigenvalue weighted by Gasteiger charge is -2.14. The summed E-state index contributed by atoms with van der Waals surface area (Å²) in [6, 6.07) is 12.1. The van der Waals surface area contributed by atoms with Crippen molar-refractivity contribution >= 4 is 5.91 Å². The van der Waals surface area contributed by atoms with Gasteiger partial charge < -0.3 is 16.0 Å². The third-order valence-electron chi connectivity index (χ3n) is 3.08. The molecule has 1 atom stereocenters. The van der Waals surface area contributed by atoms with E-state index in [9.17, 15) is 9.59 Å². The van der Waals surface area contributed by atoms with Crippen LogP contribution in [0.4, 0.5) is 0 Å². The van der Waals surface area contributed by atoms with Gasteiger partial charge in [-0.15, -0.1) is 0 Å². The molecule has 1 unspecified atom stereocenters. The van der Waals surface area contributed by atoms with Crippen molar-refractivity contribution in [3.63, 3.8) is 0 Å². The number of nitrogens with two attached hydrogens (primary N) is 1. The van der Waals surface area contributed by atoms with Gasteiger partial charge in [0, 0.05) is 12.6 Å². The van der Waals surface area contributed by atoms with Crippen molar-refractivity contribution in [2.24, 2.45) is 5.73 Å². The molecule has 0 bridgehead atoms. The number of hydrogen-bond acceptors (Lipinski definition) is 3. The Morgan fingerprint density at radius 2 is 1.95 bits per heavy atom. The van der Waals surface area contributed by atoms with Gasteiger partial charge in [0.25, 0.3) is 5.91 Å². The van der Waals surface area contributed by atoms with Crippen molar-refractivity contribution in [3.05, 3.63) is 69.6 Å². The fraction of sp³-hybridized carbons (Fsp3) is 0.200. The Bertz CT molecular complexity index is 647. The molecule has 0 saturated carbocycles. The van der Waals surface area contributed by atoms with E-state index in [4.69, 9.17) is 5.73 Å². The minimum atomic E-state index is -0.307. The summed E-state index contributed by atoms with van der Waals surface area (Å²) in [4.78, 5) is 25.7. The van der Waals surface area contributed by atoms with E-state index >= 15 is 0 Å². The van der Waals surface area contributed by atoms with E-state index in [0.717, 1.165) is 11.1 Å². The predicted molar refractivity (Wildman–Crippen MR) is 77.3 cm³/mol. The van der Waals surface area contributed by atoms with Gasteiger partial charge in [-0.25, -0.2) is 0 Å². The molecular formula is C15H17N3O2. The number of aromatic nitrogens is 1. The van der Waals surface area contributed by atoms with Gasteiger partial charge in [0.15, 0.2) is 0 Å². The van der Waals surface area contributed by atoms with Gasteiger partial charge in [0.1, 0.15) is 5.69 Å². The maximum Gasteiger partial charge on any atom is 0.268 e. The molecule has 20 heavy (non-hydrogen) atoms. The van der Waals surface area contributed by atoms with E-state index in [2.05, 4.69) is 10.3 Å². The highest BCUT2D eigenvalue weighted by Gasteiger charge is 2.11. The highest BCUT2D eigenvalue weighted by atomic mass is 16.2. The fourth-order valence-electron chi connectivity index (χ4n) is 1.88. The van der Waals surface area contributed by atoms with Crippen LogP contribution in [0.3, 0.4) is 0 Å². The minimum Gasteiger partial charge on any atom is -0.344 e. The first-order chi connectivity index (χ1) is 9.60. The third-order valence-corrected chi connectivity index (χ3v) is 3.08. The number of H-pyrrole nitrogens is 1. The van der Waals surface area contributed by atoms with Gasteiger partial charge >= 0.3 is 0 Å². The molecule has 0 fully saturated rings. The van der Waals surface area contributed by atoms with Gasteiger partial charge in [-0.05, 0) is 24.1 Å². The second-order valence-corrected chi connectivity index (χ2v) is 4.57. The van der Waals surface area contributed by atoms with Crippen molar-refractivity contribution in [2.75, 3.05) is 0 Å². The molecule has 1 aromatic carbocycles. The average Bonchev–Trinajstić information content (AvgIpc) is 2.47. The molecule has 0 spiro atoms. The first-order valence-electron chi connectivity index (χ1n) is 6.39. The van der Waals surface area contributed by atoms with Crippen LogP contribution >= 0.6 is 0 Å². The number of pyridine rings is 1. The number of amides is 1. The van der Waals surface area contributed by atoms with E-state index < -0.39 is 0 Å².